The van der Waals surface area contributed by atoms with Gasteiger partial charge < -0.3 is 4.74 Å². The van der Waals surface area contributed by atoms with Crippen LogP contribution in [0.3, 0.4) is 0 Å². The van der Waals surface area contributed by atoms with Crippen LogP contribution in [-0.2, 0) is 4.79 Å². The number of ether oxygens (including phenoxy) is 1. The van der Waals surface area contributed by atoms with Gasteiger partial charge in [0, 0.05) is 0 Å². The van der Waals surface area contributed by atoms with Gasteiger partial charge in [0.05, 0.1) is 5.92 Å². The second-order valence-corrected chi connectivity index (χ2v) is 5.07. The minimum atomic E-state index is -2.29. The minimum absolute atomic E-state index is 0.388. The third-order valence-corrected chi connectivity index (χ3v) is 3.17. The van der Waals surface area contributed by atoms with E-state index in [1.165, 1.54) is 0 Å². The first-order valence-electron chi connectivity index (χ1n) is 5.40. The average molecular weight is 280 g/mol. The Balaban J connectivity index is 2.34. The standard InChI is InChI=1S/C12H9F5O2/c1-12(2)3-4(12)11(18)19-10-8(16)6(14)5(13)7(15)9(10)17/h4H,3H2,1-2H3. The highest BCUT2D eigenvalue weighted by Crippen LogP contribution is 2.52. The Labute approximate surface area is 105 Å². The molecule has 2 rings (SSSR count). The Morgan fingerprint density at radius 2 is 1.37 bits per heavy atom. The van der Waals surface area contributed by atoms with Crippen molar-refractivity contribution in [3.05, 3.63) is 29.1 Å². The Morgan fingerprint density at radius 3 is 1.74 bits per heavy atom. The molecule has 104 valence electrons. The molecule has 0 N–H and O–H groups in total. The van der Waals surface area contributed by atoms with E-state index in [4.69, 9.17) is 0 Å². The van der Waals surface area contributed by atoms with Crippen LogP contribution in [0.4, 0.5) is 22.0 Å². The summed E-state index contributed by atoms with van der Waals surface area (Å²) in [7, 11) is 0. The van der Waals surface area contributed by atoms with Gasteiger partial charge in [-0.1, -0.05) is 13.8 Å². The predicted molar refractivity (Wildman–Crippen MR) is 53.8 cm³/mol. The van der Waals surface area contributed by atoms with Crippen molar-refractivity contribution in [1.82, 2.24) is 0 Å². The number of esters is 1. The van der Waals surface area contributed by atoms with E-state index >= 15 is 0 Å². The fourth-order valence-corrected chi connectivity index (χ4v) is 1.72. The normalized spacial score (nSPS) is 20.3. The van der Waals surface area contributed by atoms with E-state index in [0.29, 0.717) is 6.42 Å². The molecule has 1 aromatic rings. The molecule has 7 heteroatoms. The first-order chi connectivity index (χ1) is 8.66. The first-order valence-corrected chi connectivity index (χ1v) is 5.40. The number of rotatable bonds is 2. The monoisotopic (exact) mass is 280 g/mol. The maximum atomic E-state index is 13.2. The fraction of sp³-hybridized carbons (Fsp3) is 0.417. The Kier molecular flexibility index (Phi) is 3.03. The van der Waals surface area contributed by atoms with Crippen molar-refractivity contribution in [2.45, 2.75) is 20.3 Å². The van der Waals surface area contributed by atoms with Crippen molar-refractivity contribution < 1.29 is 31.5 Å². The highest BCUT2D eigenvalue weighted by Gasteiger charge is 2.52. The predicted octanol–water partition coefficient (Wildman–Crippen LogP) is 3.33. The summed E-state index contributed by atoms with van der Waals surface area (Å²) < 4.78 is 69.3. The molecule has 0 aromatic heterocycles. The van der Waals surface area contributed by atoms with Gasteiger partial charge in [0.25, 0.3) is 0 Å². The average Bonchev–Trinajstić information content (AvgIpc) is 2.99. The lowest BCUT2D eigenvalue weighted by Crippen LogP contribution is -2.17. The highest BCUT2D eigenvalue weighted by atomic mass is 19.2. The van der Waals surface area contributed by atoms with E-state index in [1.807, 2.05) is 0 Å². The lowest BCUT2D eigenvalue weighted by molar-refractivity contribution is -0.137. The van der Waals surface area contributed by atoms with Gasteiger partial charge in [0.1, 0.15) is 0 Å². The molecule has 1 aromatic carbocycles. The molecule has 1 unspecified atom stereocenters. The first kappa shape index (κ1) is 13.8. The smallest absolute Gasteiger partial charge is 0.315 e. The molecule has 0 heterocycles. The lowest BCUT2D eigenvalue weighted by Gasteiger charge is -2.09. The van der Waals surface area contributed by atoms with Gasteiger partial charge in [0.15, 0.2) is 0 Å². The third-order valence-electron chi connectivity index (χ3n) is 3.17. The maximum Gasteiger partial charge on any atom is 0.315 e. The summed E-state index contributed by atoms with van der Waals surface area (Å²) in [6.45, 7) is 3.44. The molecular formula is C12H9F5O2. The second-order valence-electron chi connectivity index (χ2n) is 5.07. The summed E-state index contributed by atoms with van der Waals surface area (Å²) in [5, 5.41) is 0. The third kappa shape index (κ3) is 2.17. The number of carbonyl (C=O) groups is 1. The molecule has 0 radical (unpaired) electrons. The molecule has 1 atom stereocenters. The second kappa shape index (κ2) is 4.18. The molecule has 0 amide bonds. The molecule has 19 heavy (non-hydrogen) atoms. The Morgan fingerprint density at radius 1 is 1.00 bits per heavy atom. The van der Waals surface area contributed by atoms with Gasteiger partial charge in [-0.3, -0.25) is 4.79 Å². The van der Waals surface area contributed by atoms with Crippen LogP contribution in [-0.4, -0.2) is 5.97 Å². The number of halogens is 5. The van der Waals surface area contributed by atoms with E-state index in [2.05, 4.69) is 4.74 Å². The van der Waals surface area contributed by atoms with Gasteiger partial charge in [-0.15, -0.1) is 0 Å². The maximum absolute atomic E-state index is 13.2. The molecule has 0 aliphatic heterocycles. The van der Waals surface area contributed by atoms with Gasteiger partial charge in [-0.25, -0.2) is 13.2 Å². The van der Waals surface area contributed by atoms with Crippen molar-refractivity contribution >= 4 is 5.97 Å². The molecule has 1 saturated carbocycles. The molecule has 1 aliphatic carbocycles. The Bertz CT molecular complexity index is 539. The summed E-state index contributed by atoms with van der Waals surface area (Å²) in [5.41, 5.74) is -0.388. The van der Waals surface area contributed by atoms with E-state index in [9.17, 15) is 26.7 Å². The van der Waals surface area contributed by atoms with Crippen LogP contribution >= 0.6 is 0 Å². The fourth-order valence-electron chi connectivity index (χ4n) is 1.72. The van der Waals surface area contributed by atoms with Crippen LogP contribution in [0.15, 0.2) is 0 Å². The van der Waals surface area contributed by atoms with Crippen molar-refractivity contribution in [3.63, 3.8) is 0 Å². The van der Waals surface area contributed by atoms with E-state index < -0.39 is 46.7 Å². The summed E-state index contributed by atoms with van der Waals surface area (Å²) in [6.07, 6.45) is 0.432. The van der Waals surface area contributed by atoms with Gasteiger partial charge in [0.2, 0.25) is 34.8 Å². The van der Waals surface area contributed by atoms with Crippen LogP contribution in [0.1, 0.15) is 20.3 Å². The molecule has 1 fully saturated rings. The zero-order valence-corrected chi connectivity index (χ0v) is 9.99. The van der Waals surface area contributed by atoms with E-state index in [0.717, 1.165) is 0 Å². The SMILES string of the molecule is CC1(C)CC1C(=O)Oc1c(F)c(F)c(F)c(F)c1F. The van der Waals surface area contributed by atoms with Gasteiger partial charge in [-0.05, 0) is 11.8 Å². The van der Waals surface area contributed by atoms with Crippen LogP contribution in [0.5, 0.6) is 5.75 Å². The molecule has 2 nitrogen and oxygen atoms in total. The largest absolute Gasteiger partial charge is 0.420 e. The molecular weight excluding hydrogens is 271 g/mol. The lowest BCUT2D eigenvalue weighted by atomic mass is 10.1. The van der Waals surface area contributed by atoms with Crippen molar-refractivity contribution in [2.75, 3.05) is 0 Å². The quantitative estimate of drug-likeness (QED) is 0.273. The van der Waals surface area contributed by atoms with E-state index in [-0.39, 0.29) is 5.41 Å². The Hall–Kier alpha value is -1.66. The van der Waals surface area contributed by atoms with Crippen LogP contribution in [0.2, 0.25) is 0 Å². The van der Waals surface area contributed by atoms with Crippen LogP contribution in [0, 0.1) is 40.4 Å². The van der Waals surface area contributed by atoms with Crippen molar-refractivity contribution in [1.29, 1.82) is 0 Å². The number of hydrogen-bond donors (Lipinski definition) is 0. The van der Waals surface area contributed by atoms with Crippen molar-refractivity contribution in [3.8, 4) is 5.75 Å². The minimum Gasteiger partial charge on any atom is -0.420 e. The summed E-state index contributed by atoms with van der Waals surface area (Å²) in [5.74, 6) is -14.0. The number of hydrogen-bond acceptors (Lipinski definition) is 2. The summed E-state index contributed by atoms with van der Waals surface area (Å²) in [4.78, 5) is 11.5. The molecule has 1 aliphatic rings. The van der Waals surface area contributed by atoms with E-state index in [1.54, 1.807) is 13.8 Å². The summed E-state index contributed by atoms with van der Waals surface area (Å²) >= 11 is 0. The molecule has 0 bridgehead atoms. The topological polar surface area (TPSA) is 26.3 Å². The number of carbonyl (C=O) groups excluding carboxylic acids is 1. The van der Waals surface area contributed by atoms with Crippen molar-refractivity contribution in [2.24, 2.45) is 11.3 Å². The molecule has 0 spiro atoms. The van der Waals surface area contributed by atoms with Crippen LogP contribution < -0.4 is 4.74 Å². The summed E-state index contributed by atoms with van der Waals surface area (Å²) in [6, 6.07) is 0. The van der Waals surface area contributed by atoms with Gasteiger partial charge in [-0.2, -0.15) is 8.78 Å². The zero-order valence-electron chi connectivity index (χ0n) is 9.99. The molecule has 0 saturated heterocycles. The number of benzene rings is 1. The zero-order chi connectivity index (χ0) is 14.5. The highest BCUT2D eigenvalue weighted by molar-refractivity contribution is 5.79. The van der Waals surface area contributed by atoms with Gasteiger partial charge >= 0.3 is 5.97 Å². The van der Waals surface area contributed by atoms with Crippen LogP contribution in [0.25, 0.3) is 0 Å².